The number of thiophene rings is 1. The Bertz CT molecular complexity index is 470. The SMILES string of the molecule is COCCCCS(=O)(=O)N1CCC[C@@H]1c1ccsc1. The zero-order valence-corrected chi connectivity index (χ0v) is 12.9. The van der Waals surface area contributed by atoms with Crippen LogP contribution in [0.15, 0.2) is 16.8 Å². The third-order valence-electron chi connectivity index (χ3n) is 3.49. The van der Waals surface area contributed by atoms with Gasteiger partial charge in [-0.3, -0.25) is 0 Å². The maximum atomic E-state index is 12.4. The van der Waals surface area contributed by atoms with Crippen LogP contribution < -0.4 is 0 Å². The second-order valence-electron chi connectivity index (χ2n) is 4.84. The first-order valence-corrected chi connectivity index (χ1v) is 9.21. The molecule has 0 amide bonds. The number of methoxy groups -OCH3 is 1. The van der Waals surface area contributed by atoms with Gasteiger partial charge in [0.1, 0.15) is 0 Å². The summed E-state index contributed by atoms with van der Waals surface area (Å²) in [6.07, 6.45) is 3.36. The van der Waals surface area contributed by atoms with E-state index < -0.39 is 10.0 Å². The van der Waals surface area contributed by atoms with Crippen molar-refractivity contribution in [2.45, 2.75) is 31.7 Å². The van der Waals surface area contributed by atoms with Crippen molar-refractivity contribution in [3.63, 3.8) is 0 Å². The molecule has 1 aliphatic rings. The summed E-state index contributed by atoms with van der Waals surface area (Å²) in [4.78, 5) is 0. The molecule has 1 aliphatic heterocycles. The Hall–Kier alpha value is -0.430. The van der Waals surface area contributed by atoms with Crippen LogP contribution in [-0.4, -0.2) is 38.7 Å². The van der Waals surface area contributed by atoms with Crippen molar-refractivity contribution in [1.29, 1.82) is 0 Å². The van der Waals surface area contributed by atoms with Gasteiger partial charge in [-0.1, -0.05) is 0 Å². The Morgan fingerprint density at radius 1 is 1.47 bits per heavy atom. The number of sulfonamides is 1. The lowest BCUT2D eigenvalue weighted by atomic mass is 10.1. The molecule has 108 valence electrons. The Morgan fingerprint density at radius 3 is 3.00 bits per heavy atom. The van der Waals surface area contributed by atoms with E-state index in [1.165, 1.54) is 0 Å². The van der Waals surface area contributed by atoms with Crippen LogP contribution in [-0.2, 0) is 14.8 Å². The quantitative estimate of drug-likeness (QED) is 0.728. The average molecular weight is 303 g/mol. The van der Waals surface area contributed by atoms with Crippen molar-refractivity contribution in [2.24, 2.45) is 0 Å². The topological polar surface area (TPSA) is 46.6 Å². The first-order valence-electron chi connectivity index (χ1n) is 6.65. The number of nitrogens with zero attached hydrogens (tertiary/aromatic N) is 1. The van der Waals surface area contributed by atoms with E-state index in [4.69, 9.17) is 4.74 Å². The predicted molar refractivity (Wildman–Crippen MR) is 77.9 cm³/mol. The molecule has 0 aromatic carbocycles. The van der Waals surface area contributed by atoms with Crippen LogP contribution in [0.5, 0.6) is 0 Å². The molecule has 0 aliphatic carbocycles. The van der Waals surface area contributed by atoms with Gasteiger partial charge in [-0.25, -0.2) is 8.42 Å². The summed E-state index contributed by atoms with van der Waals surface area (Å²) in [6.45, 7) is 1.29. The molecular weight excluding hydrogens is 282 g/mol. The summed E-state index contributed by atoms with van der Waals surface area (Å²) in [5, 5.41) is 4.07. The average Bonchev–Trinajstić information content (AvgIpc) is 3.03. The van der Waals surface area contributed by atoms with E-state index in [1.54, 1.807) is 22.8 Å². The van der Waals surface area contributed by atoms with Crippen LogP contribution in [0, 0.1) is 0 Å². The van der Waals surface area contributed by atoms with Gasteiger partial charge in [0.05, 0.1) is 11.8 Å². The van der Waals surface area contributed by atoms with Crippen molar-refractivity contribution in [3.05, 3.63) is 22.4 Å². The van der Waals surface area contributed by atoms with Crippen molar-refractivity contribution in [1.82, 2.24) is 4.31 Å². The summed E-state index contributed by atoms with van der Waals surface area (Å²) < 4.78 is 31.4. The summed E-state index contributed by atoms with van der Waals surface area (Å²) in [5.41, 5.74) is 1.14. The van der Waals surface area contributed by atoms with E-state index >= 15 is 0 Å². The molecule has 0 saturated carbocycles. The molecule has 0 bridgehead atoms. The van der Waals surface area contributed by atoms with Crippen LogP contribution in [0.2, 0.25) is 0 Å². The van der Waals surface area contributed by atoms with Crippen LogP contribution in [0.3, 0.4) is 0 Å². The third-order valence-corrected chi connectivity index (χ3v) is 6.15. The fourth-order valence-electron chi connectivity index (χ4n) is 2.52. The van der Waals surface area contributed by atoms with Gasteiger partial charge in [-0.15, -0.1) is 0 Å². The summed E-state index contributed by atoms with van der Waals surface area (Å²) in [5.74, 6) is 0.233. The molecule has 0 unspecified atom stereocenters. The number of hydrogen-bond donors (Lipinski definition) is 0. The van der Waals surface area contributed by atoms with Crippen molar-refractivity contribution in [2.75, 3.05) is 26.0 Å². The van der Waals surface area contributed by atoms with Crippen LogP contribution in [0.4, 0.5) is 0 Å². The minimum Gasteiger partial charge on any atom is -0.385 e. The fraction of sp³-hybridized carbons (Fsp3) is 0.692. The highest BCUT2D eigenvalue weighted by atomic mass is 32.2. The summed E-state index contributed by atoms with van der Waals surface area (Å²) in [7, 11) is -1.49. The van der Waals surface area contributed by atoms with E-state index in [0.29, 0.717) is 19.6 Å². The monoisotopic (exact) mass is 303 g/mol. The molecular formula is C13H21NO3S2. The van der Waals surface area contributed by atoms with Gasteiger partial charge in [-0.2, -0.15) is 15.6 Å². The van der Waals surface area contributed by atoms with Crippen LogP contribution in [0.25, 0.3) is 0 Å². The molecule has 1 saturated heterocycles. The van der Waals surface area contributed by atoms with Crippen LogP contribution in [0.1, 0.15) is 37.3 Å². The van der Waals surface area contributed by atoms with Gasteiger partial charge in [-0.05, 0) is 48.1 Å². The second-order valence-corrected chi connectivity index (χ2v) is 7.66. The molecule has 0 radical (unpaired) electrons. The molecule has 1 aromatic heterocycles. The maximum Gasteiger partial charge on any atom is 0.214 e. The first kappa shape index (κ1) is 15.0. The first-order chi connectivity index (χ1) is 9.15. The standard InChI is InChI=1S/C13H21NO3S2/c1-17-8-2-3-10-19(15,16)14-7-4-5-13(14)12-6-9-18-11-12/h6,9,11,13H,2-5,7-8,10H2,1H3/t13-/m1/s1. The summed E-state index contributed by atoms with van der Waals surface area (Å²) in [6, 6.07) is 2.09. The van der Waals surface area contributed by atoms with E-state index in [9.17, 15) is 8.42 Å². The van der Waals surface area contributed by atoms with Gasteiger partial charge < -0.3 is 4.74 Å². The third kappa shape index (κ3) is 3.78. The number of rotatable bonds is 7. The lowest BCUT2D eigenvalue weighted by Gasteiger charge is -2.23. The Labute approximate surface area is 119 Å². The van der Waals surface area contributed by atoms with Gasteiger partial charge >= 0.3 is 0 Å². The van der Waals surface area contributed by atoms with E-state index in [-0.39, 0.29) is 11.8 Å². The largest absolute Gasteiger partial charge is 0.385 e. The second kappa shape index (κ2) is 6.83. The Balaban J connectivity index is 1.99. The molecule has 4 nitrogen and oxygen atoms in total. The molecule has 0 spiro atoms. The molecule has 0 N–H and O–H groups in total. The molecule has 2 heterocycles. The zero-order valence-electron chi connectivity index (χ0n) is 11.2. The number of ether oxygens (including phenoxy) is 1. The lowest BCUT2D eigenvalue weighted by Crippen LogP contribution is -2.32. The van der Waals surface area contributed by atoms with Gasteiger partial charge in [0, 0.05) is 20.3 Å². The predicted octanol–water partition coefficient (Wildman–Crippen LogP) is 2.64. The van der Waals surface area contributed by atoms with Gasteiger partial charge in [0.15, 0.2) is 0 Å². The highest BCUT2D eigenvalue weighted by Crippen LogP contribution is 2.35. The molecule has 1 aromatic rings. The minimum atomic E-state index is -3.13. The molecule has 1 atom stereocenters. The zero-order chi connectivity index (χ0) is 13.7. The maximum absolute atomic E-state index is 12.4. The fourth-order valence-corrected chi connectivity index (χ4v) is 5.05. The van der Waals surface area contributed by atoms with Crippen molar-refractivity contribution >= 4 is 21.4 Å². The lowest BCUT2D eigenvalue weighted by molar-refractivity contribution is 0.194. The summed E-state index contributed by atoms with van der Waals surface area (Å²) >= 11 is 1.63. The molecule has 6 heteroatoms. The minimum absolute atomic E-state index is 0.0543. The van der Waals surface area contributed by atoms with Gasteiger partial charge in [0.2, 0.25) is 10.0 Å². The Morgan fingerprint density at radius 2 is 2.32 bits per heavy atom. The normalized spacial score (nSPS) is 21.0. The van der Waals surface area contributed by atoms with E-state index in [0.717, 1.165) is 24.8 Å². The van der Waals surface area contributed by atoms with Crippen LogP contribution >= 0.6 is 11.3 Å². The smallest absolute Gasteiger partial charge is 0.214 e. The highest BCUT2D eigenvalue weighted by molar-refractivity contribution is 7.89. The van der Waals surface area contributed by atoms with Gasteiger partial charge in [0.25, 0.3) is 0 Å². The number of hydrogen-bond acceptors (Lipinski definition) is 4. The van der Waals surface area contributed by atoms with E-state index in [1.807, 2.05) is 11.4 Å². The highest BCUT2D eigenvalue weighted by Gasteiger charge is 2.34. The molecule has 19 heavy (non-hydrogen) atoms. The molecule has 2 rings (SSSR count). The van der Waals surface area contributed by atoms with E-state index in [2.05, 4.69) is 5.38 Å². The Kier molecular flexibility index (Phi) is 5.38. The van der Waals surface area contributed by atoms with Crippen molar-refractivity contribution < 1.29 is 13.2 Å². The molecule has 1 fully saturated rings. The van der Waals surface area contributed by atoms with Crippen molar-refractivity contribution in [3.8, 4) is 0 Å². The number of unbranched alkanes of at least 4 members (excludes halogenated alkanes) is 1.